The van der Waals surface area contributed by atoms with Gasteiger partial charge in [-0.2, -0.15) is 0 Å². The van der Waals surface area contributed by atoms with E-state index in [1.54, 1.807) is 0 Å². The molecule has 0 aromatic rings. The molecular weight excluding hydrogens is 185 g/mol. The van der Waals surface area contributed by atoms with Gasteiger partial charge in [-0.05, 0) is 0 Å². The molecule has 0 N–H and O–H groups in total. The Balaban J connectivity index is 4.88. The molecule has 0 aliphatic rings. The molecular formula is CCl2F3NP-. The Morgan fingerprint density at radius 1 is 1.25 bits per heavy atom. The Kier molecular flexibility index (Phi) is 1.13. The summed E-state index contributed by atoms with van der Waals surface area (Å²) in [6, 6.07) is 0. The Labute approximate surface area is 52.4 Å². The van der Waals surface area contributed by atoms with Crippen molar-refractivity contribution in [2.45, 2.75) is 0 Å². The van der Waals surface area contributed by atoms with Crippen LogP contribution in [0.25, 0.3) is 0 Å². The van der Waals surface area contributed by atoms with Crippen LogP contribution in [0.5, 0.6) is 0 Å². The van der Waals surface area contributed by atoms with Crippen molar-refractivity contribution in [2.75, 3.05) is 0 Å². The summed E-state index contributed by atoms with van der Waals surface area (Å²) < 4.78 is 34.4. The molecule has 0 fully saturated rings. The molecule has 8 heavy (non-hydrogen) atoms. The van der Waals surface area contributed by atoms with Gasteiger partial charge < -0.3 is 0 Å². The number of nitrogens with zero attached hydrogens (tertiary/aromatic N) is 1. The first-order valence-corrected chi connectivity index (χ1v) is 5.46. The molecule has 0 aliphatic carbocycles. The van der Waals surface area contributed by atoms with Crippen LogP contribution in [0.2, 0.25) is 0 Å². The second kappa shape index (κ2) is 1.09. The van der Waals surface area contributed by atoms with Gasteiger partial charge in [0.2, 0.25) is 0 Å². The van der Waals surface area contributed by atoms with Crippen LogP contribution >= 0.6 is 28.1 Å². The molecule has 0 saturated heterocycles. The number of hydrogen-bond donors (Lipinski definition) is 0. The molecule has 0 unspecified atom stereocenters. The van der Waals surface area contributed by atoms with Crippen molar-refractivity contribution < 1.29 is 12.6 Å². The zero-order valence-corrected chi connectivity index (χ0v) is 5.69. The average Bonchev–Trinajstić information content (AvgIpc) is 1.30. The van der Waals surface area contributed by atoms with E-state index in [0.29, 0.717) is 0 Å². The summed E-state index contributed by atoms with van der Waals surface area (Å²) in [5.74, 6) is -0.0756. The molecule has 0 heterocycles. The summed E-state index contributed by atoms with van der Waals surface area (Å²) in [7, 11) is 0. The molecule has 7 heteroatoms. The fourth-order valence-electron chi connectivity index (χ4n) is 0. The first kappa shape index (κ1) is 8.29. The zero-order chi connectivity index (χ0) is 7.12. The fraction of sp³-hybridized carbons (Fsp3) is 0. The first-order valence-electron chi connectivity index (χ1n) is 1.29. The van der Waals surface area contributed by atoms with Gasteiger partial charge in [0.15, 0.2) is 0 Å². The summed E-state index contributed by atoms with van der Waals surface area (Å²) in [5, 5.41) is 7.34. The summed E-state index contributed by atoms with van der Waals surface area (Å²) in [6.07, 6.45) is 0. The predicted octanol–water partition coefficient (Wildman–Crippen LogP) is 3.52. The van der Waals surface area contributed by atoms with Crippen molar-refractivity contribution >= 4 is 28.1 Å². The van der Waals surface area contributed by atoms with E-state index in [0.717, 1.165) is 0 Å². The van der Waals surface area contributed by atoms with Gasteiger partial charge in [-0.1, -0.05) is 0 Å². The van der Waals surface area contributed by atoms with Crippen molar-refractivity contribution in [1.82, 2.24) is 0 Å². The molecule has 0 spiro atoms. The molecule has 0 aromatic heterocycles. The first-order chi connectivity index (χ1) is 3.04. The van der Waals surface area contributed by atoms with Gasteiger partial charge in [0.1, 0.15) is 0 Å². The third kappa shape index (κ3) is 6.29. The van der Waals surface area contributed by atoms with Crippen molar-refractivity contribution in [3.8, 4) is 5.81 Å². The van der Waals surface area contributed by atoms with E-state index in [1.165, 1.54) is 0 Å². The quantitative estimate of drug-likeness (QED) is 0.529. The summed E-state index contributed by atoms with van der Waals surface area (Å²) >= 11 is 7.54. The van der Waals surface area contributed by atoms with Gasteiger partial charge in [-0.3, -0.25) is 0 Å². The second-order valence-electron chi connectivity index (χ2n) is 1.16. The van der Waals surface area contributed by atoms with Crippen LogP contribution in [0.1, 0.15) is 0 Å². The molecule has 0 rings (SSSR count). The normalized spacial score (nSPS) is 20.5. The number of rotatable bonds is 0. The molecule has 0 radical (unpaired) electrons. The van der Waals surface area contributed by atoms with Gasteiger partial charge in [0, 0.05) is 0 Å². The number of halogens is 5. The van der Waals surface area contributed by atoms with E-state index in [1.807, 2.05) is 0 Å². The summed E-state index contributed by atoms with van der Waals surface area (Å²) in [6.45, 7) is 0. The standard InChI is InChI=1S/CCl2F3NP/c2-8(3,4,5,6)1-7/q-1. The average molecular weight is 185 g/mol. The SMILES string of the molecule is N#C[P-](F)(F)(F)(Cl)Cl. The van der Waals surface area contributed by atoms with Crippen LogP contribution in [0.4, 0.5) is 12.6 Å². The third-order valence-electron chi connectivity index (χ3n) is 0.189. The minimum absolute atomic E-state index is 0.0756. The molecule has 1 nitrogen and oxygen atoms in total. The van der Waals surface area contributed by atoms with Gasteiger partial charge in [0.05, 0.1) is 0 Å². The van der Waals surface area contributed by atoms with Gasteiger partial charge in [0.25, 0.3) is 0 Å². The Bertz CT molecular complexity index is 147. The Hall–Kier alpha value is 0.290. The maximum atomic E-state index is 11.5. The minimum atomic E-state index is -7.94. The summed E-state index contributed by atoms with van der Waals surface area (Å²) in [4.78, 5) is 0. The van der Waals surface area contributed by atoms with E-state index < -0.39 is 5.58 Å². The molecule has 0 saturated carbocycles. The predicted molar refractivity (Wildman–Crippen MR) is 27.6 cm³/mol. The second-order valence-corrected chi connectivity index (χ2v) is 8.33. The Morgan fingerprint density at radius 2 is 1.38 bits per heavy atom. The van der Waals surface area contributed by atoms with E-state index in [-0.39, 0.29) is 5.81 Å². The van der Waals surface area contributed by atoms with Gasteiger partial charge in [-0.25, -0.2) is 0 Å². The van der Waals surface area contributed by atoms with E-state index in [4.69, 9.17) is 5.26 Å². The van der Waals surface area contributed by atoms with Crippen molar-refractivity contribution in [1.29, 1.82) is 5.26 Å². The molecule has 50 valence electrons. The van der Waals surface area contributed by atoms with Crippen LogP contribution in [0.3, 0.4) is 0 Å². The van der Waals surface area contributed by atoms with Crippen LogP contribution in [-0.4, -0.2) is 0 Å². The third-order valence-corrected chi connectivity index (χ3v) is 1.02. The van der Waals surface area contributed by atoms with Gasteiger partial charge in [-0.15, -0.1) is 0 Å². The van der Waals surface area contributed by atoms with E-state index in [2.05, 4.69) is 22.5 Å². The molecule has 0 atom stereocenters. The molecule has 0 bridgehead atoms. The van der Waals surface area contributed by atoms with E-state index in [9.17, 15) is 12.6 Å². The molecule has 0 aliphatic heterocycles. The topological polar surface area (TPSA) is 23.8 Å². The van der Waals surface area contributed by atoms with Gasteiger partial charge >= 0.3 is 51.7 Å². The zero-order valence-electron chi connectivity index (χ0n) is 3.28. The Morgan fingerprint density at radius 3 is 1.38 bits per heavy atom. The molecule has 0 aromatic carbocycles. The van der Waals surface area contributed by atoms with Crippen LogP contribution in [0, 0.1) is 11.1 Å². The van der Waals surface area contributed by atoms with Crippen LogP contribution in [-0.2, 0) is 0 Å². The van der Waals surface area contributed by atoms with Crippen molar-refractivity contribution in [3.63, 3.8) is 0 Å². The van der Waals surface area contributed by atoms with E-state index >= 15 is 0 Å². The van der Waals surface area contributed by atoms with Crippen molar-refractivity contribution in [2.24, 2.45) is 0 Å². The number of hydrogen-bond acceptors (Lipinski definition) is 1. The van der Waals surface area contributed by atoms with Crippen molar-refractivity contribution in [3.05, 3.63) is 0 Å². The van der Waals surface area contributed by atoms with Crippen LogP contribution in [0.15, 0.2) is 0 Å². The fourth-order valence-corrected chi connectivity index (χ4v) is 0. The summed E-state index contributed by atoms with van der Waals surface area (Å²) in [5.41, 5.74) is -7.94. The molecule has 0 amide bonds. The maximum absolute atomic E-state index is 11.5. The monoisotopic (exact) mass is 184 g/mol. The number of nitriles is 1. The van der Waals surface area contributed by atoms with Crippen LogP contribution < -0.4 is 0 Å².